The quantitative estimate of drug-likeness (QED) is 0.0150. The molecule has 0 saturated carbocycles. The van der Waals surface area contributed by atoms with E-state index in [1.165, 1.54) is 109 Å². The van der Waals surface area contributed by atoms with E-state index in [1.54, 1.807) is 46.8 Å². The molecular formula is C65H76Cl2F3N18O26P3. The number of halogens is 5. The molecule has 117 heavy (non-hydrogen) atoms. The summed E-state index contributed by atoms with van der Waals surface area (Å²) in [6.45, 7) is 12.2. The minimum Gasteiger partial charge on any atom is -0.476 e. The molecule has 11 heterocycles. The molecule has 5 aliphatic rings. The molecule has 0 aliphatic carbocycles. The van der Waals surface area contributed by atoms with Gasteiger partial charge in [-0.25, -0.2) is 51.4 Å². The van der Waals surface area contributed by atoms with Crippen molar-refractivity contribution in [3.05, 3.63) is 118 Å². The summed E-state index contributed by atoms with van der Waals surface area (Å²) in [6, 6.07) is 14.8. The number of amides is 1. The van der Waals surface area contributed by atoms with Crippen LogP contribution in [-0.4, -0.2) is 203 Å². The van der Waals surface area contributed by atoms with Gasteiger partial charge in [-0.2, -0.15) is 29.9 Å². The van der Waals surface area contributed by atoms with E-state index >= 15 is 8.78 Å². The number of phosphoric acid groups is 2. The first-order chi connectivity index (χ1) is 55.2. The molecule has 3 aromatic carbocycles. The van der Waals surface area contributed by atoms with Gasteiger partial charge in [0.15, 0.2) is 69.2 Å². The van der Waals surface area contributed by atoms with Crippen molar-refractivity contribution in [3.63, 3.8) is 0 Å². The number of nitrogen functional groups attached to an aromatic ring is 3. The third-order valence-corrected chi connectivity index (χ3v) is 21.2. The average molecular weight is 1750 g/mol. The predicted octanol–water partition coefficient (Wildman–Crippen LogP) is 9.54. The molecule has 632 valence electrons. The maximum absolute atomic E-state index is 16.5. The summed E-state index contributed by atoms with van der Waals surface area (Å²) in [4.78, 5) is 81.2. The van der Waals surface area contributed by atoms with E-state index in [2.05, 4.69) is 59.4 Å². The number of benzene rings is 3. The fourth-order valence-electron chi connectivity index (χ4n) is 12.4. The number of nitro benzene ring substituents is 2. The highest BCUT2D eigenvalue weighted by atomic mass is 35.9. The first-order valence-electron chi connectivity index (χ1n) is 35.0. The van der Waals surface area contributed by atoms with E-state index < -0.39 is 135 Å². The number of alkyl carbamates (subject to hydrolysis) is 1. The number of anilines is 3. The van der Waals surface area contributed by atoms with Crippen molar-refractivity contribution in [2.45, 2.75) is 146 Å². The van der Waals surface area contributed by atoms with E-state index in [9.17, 15) is 58.1 Å². The molecule has 2 unspecified atom stereocenters. The number of aliphatic hydroxyl groups is 2. The van der Waals surface area contributed by atoms with Gasteiger partial charge in [0.1, 0.15) is 59.9 Å². The second kappa shape index (κ2) is 35.5. The lowest BCUT2D eigenvalue weighted by atomic mass is 9.98. The number of alkyl halides is 3. The van der Waals surface area contributed by atoms with Gasteiger partial charge in [-0.15, -0.1) is 0 Å². The second-order valence-electron chi connectivity index (χ2n) is 26.3. The van der Waals surface area contributed by atoms with Gasteiger partial charge in [-0.3, -0.25) is 52.0 Å². The van der Waals surface area contributed by atoms with E-state index in [0.717, 1.165) is 12.1 Å². The van der Waals surface area contributed by atoms with Gasteiger partial charge in [-0.05, 0) is 97.4 Å². The lowest BCUT2D eigenvalue weighted by Gasteiger charge is -2.33. The highest BCUT2D eigenvalue weighted by molar-refractivity contribution is 8.05. The molecule has 5 saturated heterocycles. The molecule has 52 heteroatoms. The Labute approximate surface area is 668 Å². The fraction of sp³-hybridized carbons (Fsp3) is 0.462. The molecular weight excluding hydrogens is 1670 g/mol. The molecule has 0 radical (unpaired) electrons. The number of aromatic nitrogens is 12. The van der Waals surface area contributed by atoms with E-state index in [0.29, 0.717) is 30.9 Å². The van der Waals surface area contributed by atoms with Crippen LogP contribution in [0.3, 0.4) is 0 Å². The number of aliphatic hydroxyl groups excluding tert-OH is 2. The van der Waals surface area contributed by atoms with Crippen molar-refractivity contribution in [2.75, 3.05) is 64.0 Å². The summed E-state index contributed by atoms with van der Waals surface area (Å²) < 4.78 is 170. The number of nitrogens with one attached hydrogen (secondary N) is 1. The van der Waals surface area contributed by atoms with Crippen LogP contribution >= 0.6 is 44.2 Å². The molecule has 14 rings (SSSR count). The number of nitro groups is 2. The largest absolute Gasteiger partial charge is 0.530 e. The monoisotopic (exact) mass is 1740 g/mol. The molecule has 0 bridgehead atoms. The van der Waals surface area contributed by atoms with Crippen LogP contribution in [0.5, 0.6) is 34.9 Å². The van der Waals surface area contributed by atoms with Gasteiger partial charge >= 0.3 is 33.8 Å². The number of phosphoric ester groups is 2. The maximum atomic E-state index is 16.5. The summed E-state index contributed by atoms with van der Waals surface area (Å²) >= 11 is 10.3. The van der Waals surface area contributed by atoms with Crippen molar-refractivity contribution >= 4 is 119 Å². The first-order valence-corrected chi connectivity index (χ1v) is 41.4. The van der Waals surface area contributed by atoms with Crippen LogP contribution in [0.1, 0.15) is 79.6 Å². The zero-order valence-corrected chi connectivity index (χ0v) is 67.1. The van der Waals surface area contributed by atoms with Crippen LogP contribution in [0.25, 0.3) is 33.5 Å². The van der Waals surface area contributed by atoms with Crippen molar-refractivity contribution in [2.24, 2.45) is 0 Å². The van der Waals surface area contributed by atoms with E-state index in [4.69, 9.17) is 100.0 Å². The van der Waals surface area contributed by atoms with Crippen LogP contribution in [0.2, 0.25) is 0 Å². The Morgan fingerprint density at radius 3 is 1.36 bits per heavy atom. The number of hydrogen-bond acceptors (Lipinski definition) is 38. The number of ether oxygens (including phenoxy) is 8. The fourth-order valence-corrected chi connectivity index (χ4v) is 16.2. The topological polar surface area (TPSA) is 571 Å². The van der Waals surface area contributed by atoms with Gasteiger partial charge in [0, 0.05) is 53.2 Å². The SMILES string of the molecule is CCOc1nc(N)nc2c1ncn2[C@@H]1O[C@@H]2COP(=O)(Oc3ccc(C[C@H](NC(=O)OC)C(=O)OC(C)C)cc3)O[C@H]2[C@@]1(C)F.CCOc1nc(N)nc2c1ncn2[C@@H]1O[C@@H]2COP(=O)(Oc3ccc([N+](=O)[O-])cc3)O[C@H]2[C@@]1(C)F.CCOc1nc(N)nc2c1ncn2[C@@H]1O[C@H](CO)[C@@H](O)[C@@]1(C)F.O=[N+]([O-])c1ccc(OP(=O)(Cl)Cl)cc1. The number of rotatable bonds is 23. The first kappa shape index (κ1) is 87.6. The molecule has 6 aromatic heterocycles. The standard InChI is InChI=1S/C27H34FN6O10P.C19H20FN6O8P.C13H18FN5O4.C6H4Cl2NO4P/c1-6-39-22-19-21(32-25(29)33-22)34(13-30-19)24-27(4,28)20-18(42-24)12-40-45(37,44-20)43-16-9-7-15(8-10-16)11-17(31-26(36)38-5)23(35)41-14(2)3;1-3-30-16-13-15(23-18(21)24-16)25(9-22-13)17-19(2,20)14-12(32-17)8-31-35(29,34-14)33-11-6-4-10(5-7-11)26(27)28;1-3-22-10-7-9(17-12(15)18-10)19(5-16-7)11-13(2,14)8(21)6(4-20)23-11;7-14(8,12)13-6-3-1-5(2-4-6)9(10)11/h7-10,13-14,17-18,20,24H,6,11-12H2,1-5H3,(H,31,36)(H2,29,32,33);4-7,9,12,14,17H,3,8H2,1-2H3,(H2,21,23,24);5-6,8,11,20-21H,3-4H2,1-2H3,(H2,15,17,18);1-4H/t17-,18+,20+,24+,27+,45?;12-,14-,17-,19-,35?;6-,8-,11-,13-;/m011./s1. The molecule has 1 amide bonds. The Balaban J connectivity index is 0.000000165. The Morgan fingerprint density at radius 1 is 0.641 bits per heavy atom. The van der Waals surface area contributed by atoms with Crippen LogP contribution in [-0.2, 0) is 66.7 Å². The number of nitrogens with zero attached hydrogens (tertiary/aromatic N) is 14. The lowest BCUT2D eigenvalue weighted by molar-refractivity contribution is -0.385. The molecule has 44 nitrogen and oxygen atoms in total. The molecule has 0 spiro atoms. The molecule has 9 aromatic rings. The summed E-state index contributed by atoms with van der Waals surface area (Å²) in [5, 5.41) is 42.7. The Hall–Kier alpha value is -10.3. The smallest absolute Gasteiger partial charge is 0.476 e. The highest BCUT2D eigenvalue weighted by Gasteiger charge is 2.64. The molecule has 9 N–H and O–H groups in total. The third-order valence-electron chi connectivity index (χ3n) is 17.6. The Morgan fingerprint density at radius 2 is 1.02 bits per heavy atom. The number of carbonyl (C=O) groups excluding carboxylic acids is 2. The molecule has 15 atom stereocenters. The Bertz CT molecular complexity index is 5260. The van der Waals surface area contributed by atoms with Crippen LogP contribution in [0, 0.1) is 20.2 Å². The number of fused-ring (bicyclic) bond motifs is 5. The van der Waals surface area contributed by atoms with Crippen LogP contribution < -0.4 is 50.3 Å². The zero-order valence-electron chi connectivity index (χ0n) is 62.9. The Kier molecular flexibility index (Phi) is 26.6. The van der Waals surface area contributed by atoms with Crippen molar-refractivity contribution in [1.29, 1.82) is 0 Å². The summed E-state index contributed by atoms with van der Waals surface area (Å²) in [5.74, 6) is -0.221. The van der Waals surface area contributed by atoms with Crippen LogP contribution in [0.4, 0.5) is 47.2 Å². The third kappa shape index (κ3) is 19.6. The minimum absolute atomic E-state index is 0.00959. The van der Waals surface area contributed by atoms with Crippen LogP contribution in [0.15, 0.2) is 91.8 Å². The summed E-state index contributed by atoms with van der Waals surface area (Å²) in [5.41, 5.74) is 12.4. The van der Waals surface area contributed by atoms with Gasteiger partial charge in [-0.1, -0.05) is 12.1 Å². The minimum atomic E-state index is -4.32. The van der Waals surface area contributed by atoms with Gasteiger partial charge in [0.2, 0.25) is 35.5 Å². The average Bonchev–Trinajstić information content (AvgIpc) is 1.83. The van der Waals surface area contributed by atoms with Crippen molar-refractivity contribution in [1.82, 2.24) is 63.9 Å². The van der Waals surface area contributed by atoms with E-state index in [-0.39, 0.29) is 112 Å². The summed E-state index contributed by atoms with van der Waals surface area (Å²) in [7, 11) is -7.42. The van der Waals surface area contributed by atoms with Crippen molar-refractivity contribution in [3.8, 4) is 34.9 Å². The summed E-state index contributed by atoms with van der Waals surface area (Å²) in [6.07, 6.45) is -11.7. The normalized spacial score (nSPS) is 26.7. The number of methoxy groups -OCH3 is 1. The number of non-ortho nitro benzene ring substituents is 2. The second-order valence-corrected chi connectivity index (χ2v) is 33.6. The number of esters is 1. The van der Waals surface area contributed by atoms with Gasteiger partial charge < -0.3 is 84.2 Å². The van der Waals surface area contributed by atoms with E-state index in [1.807, 2.05) is 0 Å². The number of nitrogens with two attached hydrogens (primary N) is 3. The lowest BCUT2D eigenvalue weighted by Crippen LogP contribution is -2.45. The number of carbonyl (C=O) groups is 2. The van der Waals surface area contributed by atoms with Gasteiger partial charge in [0.25, 0.3) is 11.4 Å². The highest BCUT2D eigenvalue weighted by Crippen LogP contribution is 2.62. The number of hydrogen-bond donors (Lipinski definition) is 6. The predicted molar refractivity (Wildman–Crippen MR) is 401 cm³/mol. The maximum Gasteiger partial charge on any atom is 0.530 e. The molecule has 5 fully saturated rings. The van der Waals surface area contributed by atoms with Crippen molar-refractivity contribution < 1.29 is 126 Å². The number of imidazole rings is 3. The zero-order chi connectivity index (χ0) is 85.0. The molecule has 5 aliphatic heterocycles. The van der Waals surface area contributed by atoms with Gasteiger partial charge in [0.05, 0.1) is 81.7 Å².